The van der Waals surface area contributed by atoms with Gasteiger partial charge in [-0.1, -0.05) is 6.92 Å². The fourth-order valence-electron chi connectivity index (χ4n) is 0.886. The zero-order valence-corrected chi connectivity index (χ0v) is 7.87. The molecular formula is C8H16FNO3. The van der Waals surface area contributed by atoms with Crippen LogP contribution in [0.15, 0.2) is 11.9 Å². The highest BCUT2D eigenvalue weighted by molar-refractivity contribution is 4.92. The molecule has 0 atom stereocenters. The first kappa shape index (κ1) is 12.5. The number of aliphatic hydroxyl groups is 3. The van der Waals surface area contributed by atoms with Crippen molar-refractivity contribution >= 4 is 0 Å². The predicted octanol–water partition coefficient (Wildman–Crippen LogP) is 0.160. The molecule has 3 N–H and O–H groups in total. The summed E-state index contributed by atoms with van der Waals surface area (Å²) >= 11 is 0. The van der Waals surface area contributed by atoms with Crippen LogP contribution < -0.4 is 0 Å². The summed E-state index contributed by atoms with van der Waals surface area (Å²) < 4.78 is 11.9. The number of rotatable bonds is 5. The fourth-order valence-corrected chi connectivity index (χ4v) is 0.886. The van der Waals surface area contributed by atoms with Gasteiger partial charge in [-0.2, -0.15) is 0 Å². The van der Waals surface area contributed by atoms with E-state index in [9.17, 15) is 4.39 Å². The molecule has 0 aliphatic carbocycles. The van der Waals surface area contributed by atoms with E-state index in [0.717, 1.165) is 4.90 Å². The van der Waals surface area contributed by atoms with Crippen LogP contribution in [0.2, 0.25) is 0 Å². The van der Waals surface area contributed by atoms with Gasteiger partial charge in [0.25, 0.3) is 0 Å². The minimum atomic E-state index is -2.81. The molecule has 5 heteroatoms. The molecular weight excluding hydrogens is 177 g/mol. The van der Waals surface area contributed by atoms with Crippen molar-refractivity contribution in [3.8, 4) is 0 Å². The third-order valence-electron chi connectivity index (χ3n) is 1.77. The van der Waals surface area contributed by atoms with Crippen LogP contribution in [0.25, 0.3) is 0 Å². The fraction of sp³-hybridized carbons (Fsp3) is 0.750. The maximum absolute atomic E-state index is 11.9. The Kier molecular flexibility index (Phi) is 5.09. The zero-order chi connectivity index (χ0) is 10.5. The minimum absolute atomic E-state index is 0.187. The molecule has 0 heterocycles. The Morgan fingerprint density at radius 1 is 1.46 bits per heavy atom. The third-order valence-corrected chi connectivity index (χ3v) is 1.77. The molecule has 0 unspecified atom stereocenters. The molecule has 0 rings (SSSR count). The van der Waals surface area contributed by atoms with E-state index in [0.29, 0.717) is 18.3 Å². The largest absolute Gasteiger partial charge is 0.345 e. The van der Waals surface area contributed by atoms with Gasteiger partial charge in [-0.25, -0.2) is 9.29 Å². The van der Waals surface area contributed by atoms with Crippen LogP contribution in [0.4, 0.5) is 4.39 Å². The molecule has 13 heavy (non-hydrogen) atoms. The molecule has 0 aliphatic heterocycles. The van der Waals surface area contributed by atoms with Gasteiger partial charge in [0.05, 0.1) is 6.33 Å². The van der Waals surface area contributed by atoms with E-state index in [1.54, 1.807) is 13.8 Å². The van der Waals surface area contributed by atoms with Gasteiger partial charge in [0.1, 0.15) is 0 Å². The lowest BCUT2D eigenvalue weighted by Crippen LogP contribution is -2.49. The highest BCUT2D eigenvalue weighted by atomic mass is 19.1. The Hall–Kier alpha value is -0.490. The molecule has 0 fully saturated rings. The minimum Gasteiger partial charge on any atom is -0.330 e. The van der Waals surface area contributed by atoms with E-state index < -0.39 is 6.10 Å². The van der Waals surface area contributed by atoms with E-state index in [4.69, 9.17) is 15.3 Å². The van der Waals surface area contributed by atoms with Crippen molar-refractivity contribution in [1.29, 1.82) is 0 Å². The summed E-state index contributed by atoms with van der Waals surface area (Å²) in [6.07, 6.45) is -2.01. The molecule has 0 aromatic carbocycles. The number of hydrogen-bond donors (Lipinski definition) is 3. The average molecular weight is 193 g/mol. The van der Waals surface area contributed by atoms with Gasteiger partial charge in [0.15, 0.2) is 0 Å². The number of hydrogen-bond acceptors (Lipinski definition) is 4. The molecule has 4 nitrogen and oxygen atoms in total. The lowest BCUT2D eigenvalue weighted by Gasteiger charge is -2.28. The Morgan fingerprint density at radius 2 is 2.00 bits per heavy atom. The molecule has 0 radical (unpaired) electrons. The van der Waals surface area contributed by atoms with Crippen molar-refractivity contribution < 1.29 is 19.7 Å². The maximum Gasteiger partial charge on any atom is 0.345 e. The maximum atomic E-state index is 11.9. The van der Waals surface area contributed by atoms with Crippen LogP contribution in [0.1, 0.15) is 20.3 Å². The second kappa shape index (κ2) is 5.29. The summed E-state index contributed by atoms with van der Waals surface area (Å²) in [5.41, 5.74) is 0.489. The lowest BCUT2D eigenvalue weighted by molar-refractivity contribution is -0.392. The lowest BCUT2D eigenvalue weighted by atomic mass is 10.2. The van der Waals surface area contributed by atoms with Gasteiger partial charge in [-0.15, -0.1) is 0 Å². The molecule has 0 aliphatic rings. The van der Waals surface area contributed by atoms with Gasteiger partial charge in [0.2, 0.25) is 0 Å². The summed E-state index contributed by atoms with van der Waals surface area (Å²) in [6, 6.07) is 0. The number of halogens is 1. The van der Waals surface area contributed by atoms with E-state index in [1.165, 1.54) is 0 Å². The first-order valence-corrected chi connectivity index (χ1v) is 4.09. The van der Waals surface area contributed by atoms with E-state index >= 15 is 0 Å². The molecule has 0 saturated heterocycles. The SMILES string of the molecule is CCN(CC/C(C)=C\F)C(O)(O)O. The van der Waals surface area contributed by atoms with E-state index in [2.05, 4.69) is 0 Å². The Bertz CT molecular complexity index is 177. The summed E-state index contributed by atoms with van der Waals surface area (Å²) in [7, 11) is 0. The van der Waals surface area contributed by atoms with E-state index in [1.807, 2.05) is 0 Å². The van der Waals surface area contributed by atoms with Crippen molar-refractivity contribution in [3.63, 3.8) is 0 Å². The van der Waals surface area contributed by atoms with Gasteiger partial charge >= 0.3 is 6.10 Å². The Balaban J connectivity index is 4.01. The van der Waals surface area contributed by atoms with Gasteiger partial charge in [0, 0.05) is 13.1 Å². The molecule has 0 bridgehead atoms. The normalized spacial score (nSPS) is 13.9. The van der Waals surface area contributed by atoms with Crippen molar-refractivity contribution in [1.82, 2.24) is 4.90 Å². The van der Waals surface area contributed by atoms with Crippen LogP contribution in [0, 0.1) is 0 Å². The number of nitrogens with zero attached hydrogens (tertiary/aromatic N) is 1. The van der Waals surface area contributed by atoms with Crippen LogP contribution in [-0.4, -0.2) is 39.4 Å². The van der Waals surface area contributed by atoms with Crippen molar-refractivity contribution in [2.75, 3.05) is 13.1 Å². The van der Waals surface area contributed by atoms with Crippen LogP contribution >= 0.6 is 0 Å². The highest BCUT2D eigenvalue weighted by Crippen LogP contribution is 2.08. The molecule has 0 aromatic rings. The molecule has 0 spiro atoms. The second-order valence-electron chi connectivity index (χ2n) is 2.89. The molecule has 0 aromatic heterocycles. The van der Waals surface area contributed by atoms with E-state index in [-0.39, 0.29) is 13.1 Å². The Labute approximate surface area is 76.9 Å². The standard InChI is InChI=1S/C8H16FNO3/c1-3-10(8(11,12)13)5-4-7(2)6-9/h6,11-13H,3-5H2,1-2H3/b7-6-. The van der Waals surface area contributed by atoms with Gasteiger partial charge < -0.3 is 15.3 Å². The Morgan fingerprint density at radius 3 is 2.31 bits per heavy atom. The quantitative estimate of drug-likeness (QED) is 0.544. The molecule has 78 valence electrons. The monoisotopic (exact) mass is 193 g/mol. The zero-order valence-electron chi connectivity index (χ0n) is 7.87. The van der Waals surface area contributed by atoms with Gasteiger partial charge in [-0.05, 0) is 18.9 Å². The summed E-state index contributed by atoms with van der Waals surface area (Å²) in [4.78, 5) is 1.01. The summed E-state index contributed by atoms with van der Waals surface area (Å²) in [6.45, 7) is 3.70. The topological polar surface area (TPSA) is 63.9 Å². The summed E-state index contributed by atoms with van der Waals surface area (Å²) in [5, 5.41) is 26.4. The van der Waals surface area contributed by atoms with Crippen LogP contribution in [-0.2, 0) is 0 Å². The average Bonchev–Trinajstić information content (AvgIpc) is 2.02. The highest BCUT2D eigenvalue weighted by Gasteiger charge is 2.26. The second-order valence-corrected chi connectivity index (χ2v) is 2.89. The predicted molar refractivity (Wildman–Crippen MR) is 46.1 cm³/mol. The molecule has 0 amide bonds. The van der Waals surface area contributed by atoms with Crippen molar-refractivity contribution in [3.05, 3.63) is 11.9 Å². The van der Waals surface area contributed by atoms with Crippen molar-refractivity contribution in [2.45, 2.75) is 26.4 Å². The first-order valence-electron chi connectivity index (χ1n) is 4.09. The smallest absolute Gasteiger partial charge is 0.330 e. The first-order chi connectivity index (χ1) is 5.91. The van der Waals surface area contributed by atoms with Crippen LogP contribution in [0.5, 0.6) is 0 Å². The summed E-state index contributed by atoms with van der Waals surface area (Å²) in [5.74, 6) is 0. The van der Waals surface area contributed by atoms with Crippen LogP contribution in [0.3, 0.4) is 0 Å². The third kappa shape index (κ3) is 4.94. The van der Waals surface area contributed by atoms with Gasteiger partial charge in [-0.3, -0.25) is 0 Å². The molecule has 0 saturated carbocycles. The van der Waals surface area contributed by atoms with Crippen molar-refractivity contribution in [2.24, 2.45) is 0 Å².